The van der Waals surface area contributed by atoms with E-state index in [9.17, 15) is 13.2 Å². The number of ether oxygens (including phenoxy) is 1. The SMILES string of the molecule is COc1ncnc(C2CC2)c1-c1ncc2c(C3CC3)nn(Cc3c(C(F)(F)F)nc4n3CCc3ccccc3-4)c2n1. The Kier molecular flexibility index (Phi) is 5.26. The summed E-state index contributed by atoms with van der Waals surface area (Å²) in [6.45, 7) is 0.282. The van der Waals surface area contributed by atoms with Gasteiger partial charge in [0.2, 0.25) is 5.88 Å². The molecular weight excluding hydrogens is 533 g/mol. The Bertz CT molecular complexity index is 1830. The maximum Gasteiger partial charge on any atom is 0.435 e. The van der Waals surface area contributed by atoms with Gasteiger partial charge in [0.25, 0.3) is 0 Å². The monoisotopic (exact) mass is 558 g/mol. The number of benzene rings is 1. The first-order chi connectivity index (χ1) is 19.9. The van der Waals surface area contributed by atoms with E-state index in [-0.39, 0.29) is 24.1 Å². The molecule has 8 rings (SSSR count). The highest BCUT2D eigenvalue weighted by molar-refractivity contribution is 5.81. The van der Waals surface area contributed by atoms with E-state index in [1.807, 2.05) is 24.3 Å². The molecule has 12 heteroatoms. The van der Waals surface area contributed by atoms with E-state index < -0.39 is 11.9 Å². The fourth-order valence-electron chi connectivity index (χ4n) is 5.93. The molecule has 1 aliphatic heterocycles. The van der Waals surface area contributed by atoms with Gasteiger partial charge in [-0.05, 0) is 37.7 Å². The lowest BCUT2D eigenvalue weighted by Crippen LogP contribution is -2.18. The Hall–Kier alpha value is -4.35. The molecular formula is C29H25F3N8O. The summed E-state index contributed by atoms with van der Waals surface area (Å²) in [5.74, 6) is 1.61. The number of rotatable bonds is 6. The van der Waals surface area contributed by atoms with Gasteiger partial charge in [0.1, 0.15) is 17.7 Å². The second-order valence-corrected chi connectivity index (χ2v) is 11.0. The van der Waals surface area contributed by atoms with Crippen molar-refractivity contribution in [1.29, 1.82) is 0 Å². The number of alkyl halides is 3. The normalized spacial score (nSPS) is 16.6. The minimum atomic E-state index is -4.62. The fraction of sp³-hybridized carbons (Fsp3) is 0.379. The highest BCUT2D eigenvalue weighted by Gasteiger charge is 2.41. The molecule has 0 atom stereocenters. The molecule has 208 valence electrons. The Labute approximate surface area is 232 Å². The molecule has 5 heterocycles. The predicted octanol–water partition coefficient (Wildman–Crippen LogP) is 5.53. The lowest BCUT2D eigenvalue weighted by atomic mass is 10.0. The molecule has 0 amide bonds. The van der Waals surface area contributed by atoms with Gasteiger partial charge >= 0.3 is 6.18 Å². The summed E-state index contributed by atoms with van der Waals surface area (Å²) in [6.07, 6.45) is 3.18. The van der Waals surface area contributed by atoms with Gasteiger partial charge in [-0.25, -0.2) is 29.6 Å². The van der Waals surface area contributed by atoms with Crippen LogP contribution >= 0.6 is 0 Å². The minimum absolute atomic E-state index is 0.0770. The number of imidazole rings is 1. The lowest BCUT2D eigenvalue weighted by Gasteiger charge is -2.20. The van der Waals surface area contributed by atoms with E-state index in [1.54, 1.807) is 15.4 Å². The number of nitrogens with zero attached hydrogens (tertiary/aromatic N) is 8. The number of fused-ring (bicyclic) bond motifs is 4. The third-order valence-corrected chi connectivity index (χ3v) is 8.21. The maximum absolute atomic E-state index is 14.4. The molecule has 0 N–H and O–H groups in total. The van der Waals surface area contributed by atoms with E-state index in [4.69, 9.17) is 14.8 Å². The number of hydrogen-bond donors (Lipinski definition) is 0. The Morgan fingerprint density at radius 3 is 2.51 bits per heavy atom. The smallest absolute Gasteiger partial charge is 0.435 e. The van der Waals surface area contributed by atoms with Crippen LogP contribution in [0.3, 0.4) is 0 Å². The van der Waals surface area contributed by atoms with E-state index in [2.05, 4.69) is 19.9 Å². The summed E-state index contributed by atoms with van der Waals surface area (Å²) in [7, 11) is 1.54. The van der Waals surface area contributed by atoms with E-state index in [0.29, 0.717) is 41.7 Å². The van der Waals surface area contributed by atoms with Crippen molar-refractivity contribution in [3.05, 3.63) is 65.1 Å². The zero-order valence-electron chi connectivity index (χ0n) is 22.2. The molecule has 9 nitrogen and oxygen atoms in total. The predicted molar refractivity (Wildman–Crippen MR) is 142 cm³/mol. The van der Waals surface area contributed by atoms with Gasteiger partial charge < -0.3 is 9.30 Å². The number of aromatic nitrogens is 8. The number of halogens is 3. The largest absolute Gasteiger partial charge is 0.480 e. The number of methoxy groups -OCH3 is 1. The van der Waals surface area contributed by atoms with Gasteiger partial charge in [-0.2, -0.15) is 18.3 Å². The second kappa shape index (κ2) is 8.82. The van der Waals surface area contributed by atoms with Crippen molar-refractivity contribution >= 4 is 11.0 Å². The Balaban J connectivity index is 1.30. The molecule has 2 saturated carbocycles. The maximum atomic E-state index is 14.4. The first kappa shape index (κ1) is 24.4. The van der Waals surface area contributed by atoms with E-state index >= 15 is 0 Å². The van der Waals surface area contributed by atoms with Crippen molar-refractivity contribution in [2.24, 2.45) is 0 Å². The van der Waals surface area contributed by atoms with Crippen molar-refractivity contribution in [2.75, 3.05) is 7.11 Å². The third kappa shape index (κ3) is 3.98. The van der Waals surface area contributed by atoms with Gasteiger partial charge in [-0.3, -0.25) is 0 Å². The number of hydrogen-bond acceptors (Lipinski definition) is 7. The molecule has 3 aliphatic rings. The minimum Gasteiger partial charge on any atom is -0.480 e. The van der Waals surface area contributed by atoms with E-state index in [0.717, 1.165) is 53.6 Å². The van der Waals surface area contributed by atoms with Gasteiger partial charge in [0, 0.05) is 30.1 Å². The zero-order valence-corrected chi connectivity index (χ0v) is 22.2. The lowest BCUT2D eigenvalue weighted by molar-refractivity contribution is -0.141. The van der Waals surface area contributed by atoms with E-state index in [1.165, 1.54) is 13.4 Å². The fourth-order valence-corrected chi connectivity index (χ4v) is 5.93. The summed E-state index contributed by atoms with van der Waals surface area (Å²) >= 11 is 0. The molecule has 0 unspecified atom stereocenters. The van der Waals surface area contributed by atoms with Gasteiger partial charge in [0.05, 0.1) is 36.1 Å². The van der Waals surface area contributed by atoms with Crippen LogP contribution in [-0.4, -0.2) is 46.4 Å². The Morgan fingerprint density at radius 2 is 1.76 bits per heavy atom. The van der Waals surface area contributed by atoms with Crippen molar-refractivity contribution < 1.29 is 17.9 Å². The van der Waals surface area contributed by atoms with Crippen molar-refractivity contribution in [3.8, 4) is 28.7 Å². The van der Waals surface area contributed by atoms with Crippen LogP contribution in [0.1, 0.15) is 65.9 Å². The van der Waals surface area contributed by atoms with Crippen molar-refractivity contribution in [2.45, 2.75) is 63.2 Å². The molecule has 2 fully saturated rings. The molecule has 0 radical (unpaired) electrons. The van der Waals surface area contributed by atoms with Crippen LogP contribution in [-0.2, 0) is 25.7 Å². The van der Waals surface area contributed by atoms with Gasteiger partial charge in [0.15, 0.2) is 17.2 Å². The Morgan fingerprint density at radius 1 is 0.976 bits per heavy atom. The quantitative estimate of drug-likeness (QED) is 0.270. The van der Waals surface area contributed by atoms with Crippen LogP contribution in [0, 0.1) is 0 Å². The molecule has 5 aromatic rings. The van der Waals surface area contributed by atoms with Crippen molar-refractivity contribution in [3.63, 3.8) is 0 Å². The standard InChI is InChI=1S/C29H25F3N8O/c1-41-28-21(23(17-8-9-17)34-14-35-28)25-33-12-19-22(16-6-7-16)38-40(27(19)37-25)13-20-24(29(30,31)32)36-26-18-5-3-2-4-15(18)10-11-39(20)26/h2-5,12,14,16-17H,6-11,13H2,1H3. The zero-order chi connectivity index (χ0) is 27.9. The van der Waals surface area contributed by atoms with Gasteiger partial charge in [-0.15, -0.1) is 0 Å². The van der Waals surface area contributed by atoms with Crippen LogP contribution in [0.25, 0.3) is 33.8 Å². The van der Waals surface area contributed by atoms with Crippen molar-refractivity contribution in [1.82, 2.24) is 39.3 Å². The van der Waals surface area contributed by atoms with Crippen LogP contribution in [0.2, 0.25) is 0 Å². The van der Waals surface area contributed by atoms with Crippen LogP contribution in [0.5, 0.6) is 5.88 Å². The average Bonchev–Trinajstić information content (AvgIpc) is 3.92. The summed E-state index contributed by atoms with van der Waals surface area (Å²) in [6, 6.07) is 7.50. The topological polar surface area (TPSA) is 96.4 Å². The van der Waals surface area contributed by atoms with Crippen LogP contribution in [0.4, 0.5) is 13.2 Å². The molecule has 4 aromatic heterocycles. The summed E-state index contributed by atoms with van der Waals surface area (Å²) in [4.78, 5) is 22.5. The number of aryl methyl sites for hydroxylation is 1. The molecule has 0 saturated heterocycles. The molecule has 41 heavy (non-hydrogen) atoms. The molecule has 0 spiro atoms. The molecule has 2 aliphatic carbocycles. The van der Waals surface area contributed by atoms with Crippen LogP contribution < -0.4 is 4.74 Å². The summed E-state index contributed by atoms with van der Waals surface area (Å²) in [5, 5.41) is 5.58. The van der Waals surface area contributed by atoms with Gasteiger partial charge in [-0.1, -0.05) is 24.3 Å². The average molecular weight is 559 g/mol. The first-order valence-electron chi connectivity index (χ1n) is 13.8. The van der Waals surface area contributed by atoms with Crippen LogP contribution in [0.15, 0.2) is 36.8 Å². The first-order valence-corrected chi connectivity index (χ1v) is 13.8. The summed E-state index contributed by atoms with van der Waals surface area (Å²) < 4.78 is 52.0. The highest BCUT2D eigenvalue weighted by Crippen LogP contribution is 2.46. The molecule has 0 bridgehead atoms. The molecule has 1 aromatic carbocycles. The summed E-state index contributed by atoms with van der Waals surface area (Å²) in [5.41, 5.74) is 3.66. The second-order valence-electron chi connectivity index (χ2n) is 11.0. The highest BCUT2D eigenvalue weighted by atomic mass is 19.4. The third-order valence-electron chi connectivity index (χ3n) is 8.21.